The largest absolute Gasteiger partial charge is 0.497 e. The standard InChI is InChI=1S/C29H18F6N2O/c1-16-3-6-26-23(9-16)24-14-21(38-2)5-8-27(24)37(26)25-7-4-17(15-36)10-22(25)18-11-19(28(30,31)32)13-20(12-18)29(33,34)35/h3-14H,1-2H3. The van der Waals surface area contributed by atoms with Crippen LogP contribution < -0.4 is 4.74 Å². The molecule has 0 aliphatic heterocycles. The minimum absolute atomic E-state index is 0.0517. The molecule has 0 spiro atoms. The molecule has 5 rings (SSSR count). The first-order valence-corrected chi connectivity index (χ1v) is 11.3. The lowest BCUT2D eigenvalue weighted by Crippen LogP contribution is -2.11. The van der Waals surface area contributed by atoms with E-state index in [1.54, 1.807) is 16.7 Å². The van der Waals surface area contributed by atoms with Crippen LogP contribution in [-0.4, -0.2) is 11.7 Å². The van der Waals surface area contributed by atoms with Crippen molar-refractivity contribution < 1.29 is 31.1 Å². The van der Waals surface area contributed by atoms with Crippen molar-refractivity contribution in [2.75, 3.05) is 7.11 Å². The van der Waals surface area contributed by atoms with Crippen molar-refractivity contribution in [1.29, 1.82) is 5.26 Å². The molecular formula is C29H18F6N2O. The van der Waals surface area contributed by atoms with Gasteiger partial charge in [-0.3, -0.25) is 0 Å². The lowest BCUT2D eigenvalue weighted by Gasteiger charge is -2.18. The summed E-state index contributed by atoms with van der Waals surface area (Å²) < 4.78 is 89.1. The molecule has 0 aliphatic rings. The van der Waals surface area contributed by atoms with Gasteiger partial charge in [-0.25, -0.2) is 0 Å². The predicted octanol–water partition coefficient (Wildman–Crippen LogP) is 8.68. The SMILES string of the molecule is COc1ccc2c(c1)c1cc(C)ccc1n2-c1ccc(C#N)cc1-c1cc(C(F)(F)F)cc(C(F)(F)F)c1. The molecule has 0 saturated carbocycles. The van der Waals surface area contributed by atoms with Crippen LogP contribution in [0.4, 0.5) is 26.3 Å². The zero-order valence-corrected chi connectivity index (χ0v) is 20.0. The average Bonchev–Trinajstić information content (AvgIpc) is 3.19. The van der Waals surface area contributed by atoms with Gasteiger partial charge < -0.3 is 9.30 Å². The fraction of sp³-hybridized carbons (Fsp3) is 0.138. The Labute approximate surface area is 213 Å². The Morgan fingerprint density at radius 1 is 0.737 bits per heavy atom. The maximum absolute atomic E-state index is 13.7. The van der Waals surface area contributed by atoms with E-state index in [2.05, 4.69) is 0 Å². The van der Waals surface area contributed by atoms with Gasteiger partial charge in [-0.05, 0) is 79.2 Å². The van der Waals surface area contributed by atoms with Gasteiger partial charge in [-0.15, -0.1) is 0 Å². The van der Waals surface area contributed by atoms with Gasteiger partial charge in [0.05, 0.1) is 46.6 Å². The first-order chi connectivity index (χ1) is 17.9. The number of methoxy groups -OCH3 is 1. The van der Waals surface area contributed by atoms with Crippen LogP contribution in [0.2, 0.25) is 0 Å². The Kier molecular flexibility index (Phi) is 5.86. The van der Waals surface area contributed by atoms with Gasteiger partial charge in [0.2, 0.25) is 0 Å². The van der Waals surface area contributed by atoms with Crippen LogP contribution in [0.25, 0.3) is 38.6 Å². The molecule has 38 heavy (non-hydrogen) atoms. The maximum Gasteiger partial charge on any atom is 0.416 e. The zero-order valence-electron chi connectivity index (χ0n) is 20.0. The molecule has 4 aromatic carbocycles. The van der Waals surface area contributed by atoms with Crippen LogP contribution >= 0.6 is 0 Å². The highest BCUT2D eigenvalue weighted by molar-refractivity contribution is 6.10. The lowest BCUT2D eigenvalue weighted by molar-refractivity contribution is -0.143. The van der Waals surface area contributed by atoms with Gasteiger partial charge >= 0.3 is 12.4 Å². The zero-order chi connectivity index (χ0) is 27.4. The van der Waals surface area contributed by atoms with Crippen LogP contribution in [-0.2, 0) is 12.4 Å². The van der Waals surface area contributed by atoms with Gasteiger partial charge in [-0.2, -0.15) is 31.6 Å². The van der Waals surface area contributed by atoms with Crippen molar-refractivity contribution in [2.45, 2.75) is 19.3 Å². The second kappa shape index (κ2) is 8.84. The van der Waals surface area contributed by atoms with Crippen LogP contribution in [0, 0.1) is 18.3 Å². The van der Waals surface area contributed by atoms with Gasteiger partial charge in [0.25, 0.3) is 0 Å². The Morgan fingerprint density at radius 3 is 1.92 bits per heavy atom. The second-order valence-electron chi connectivity index (χ2n) is 8.88. The van der Waals surface area contributed by atoms with Gasteiger partial charge in [0.1, 0.15) is 5.75 Å². The van der Waals surface area contributed by atoms with E-state index in [-0.39, 0.29) is 22.8 Å². The summed E-state index contributed by atoms with van der Waals surface area (Å²) in [4.78, 5) is 0. The summed E-state index contributed by atoms with van der Waals surface area (Å²) in [5, 5.41) is 11.1. The minimum atomic E-state index is -5.01. The summed E-state index contributed by atoms with van der Waals surface area (Å²) in [5.41, 5.74) is -0.388. The van der Waals surface area contributed by atoms with Crippen molar-refractivity contribution in [3.8, 4) is 28.6 Å². The van der Waals surface area contributed by atoms with E-state index >= 15 is 0 Å². The third-order valence-electron chi connectivity index (χ3n) is 6.39. The van der Waals surface area contributed by atoms with Crippen molar-refractivity contribution in [2.24, 2.45) is 0 Å². The molecule has 192 valence electrons. The number of benzene rings is 4. The van der Waals surface area contributed by atoms with E-state index in [0.717, 1.165) is 16.3 Å². The summed E-state index contributed by atoms with van der Waals surface area (Å²) in [6, 6.07) is 18.7. The number of ether oxygens (including phenoxy) is 1. The number of aromatic nitrogens is 1. The number of alkyl halides is 6. The average molecular weight is 524 g/mol. The molecule has 0 bridgehead atoms. The number of halogens is 6. The Bertz CT molecular complexity index is 1720. The number of nitrogens with zero attached hydrogens (tertiary/aromatic N) is 2. The molecule has 0 amide bonds. The number of rotatable bonds is 3. The molecule has 0 fully saturated rings. The molecule has 1 heterocycles. The maximum atomic E-state index is 13.7. The molecule has 5 aromatic rings. The highest BCUT2D eigenvalue weighted by Crippen LogP contribution is 2.42. The molecule has 9 heteroatoms. The molecule has 0 N–H and O–H groups in total. The van der Waals surface area contributed by atoms with E-state index in [0.29, 0.717) is 34.6 Å². The Balaban J connectivity index is 1.90. The summed E-state index contributed by atoms with van der Waals surface area (Å²) in [6.07, 6.45) is -10.0. The smallest absolute Gasteiger partial charge is 0.416 e. The van der Waals surface area contributed by atoms with Crippen LogP contribution in [0.1, 0.15) is 22.3 Å². The van der Waals surface area contributed by atoms with Crippen molar-refractivity contribution >= 4 is 21.8 Å². The number of nitriles is 1. The first kappa shape index (κ1) is 25.2. The number of fused-ring (bicyclic) bond motifs is 3. The summed E-state index contributed by atoms with van der Waals surface area (Å²) >= 11 is 0. The van der Waals surface area contributed by atoms with Gasteiger partial charge in [0, 0.05) is 16.3 Å². The molecule has 0 aliphatic carbocycles. The lowest BCUT2D eigenvalue weighted by atomic mass is 9.96. The Hall–Kier alpha value is -4.45. The molecule has 0 atom stereocenters. The molecule has 3 nitrogen and oxygen atoms in total. The topological polar surface area (TPSA) is 38.0 Å². The van der Waals surface area contributed by atoms with Crippen LogP contribution in [0.3, 0.4) is 0 Å². The van der Waals surface area contributed by atoms with Gasteiger partial charge in [-0.1, -0.05) is 11.6 Å². The van der Waals surface area contributed by atoms with E-state index in [1.807, 2.05) is 37.3 Å². The minimum Gasteiger partial charge on any atom is -0.497 e. The van der Waals surface area contributed by atoms with E-state index in [4.69, 9.17) is 4.74 Å². The highest BCUT2D eigenvalue weighted by atomic mass is 19.4. The first-order valence-electron chi connectivity index (χ1n) is 11.3. The van der Waals surface area contributed by atoms with Crippen molar-refractivity contribution in [1.82, 2.24) is 4.57 Å². The summed E-state index contributed by atoms with van der Waals surface area (Å²) in [7, 11) is 1.52. The van der Waals surface area contributed by atoms with E-state index in [9.17, 15) is 31.6 Å². The molecule has 0 radical (unpaired) electrons. The quantitative estimate of drug-likeness (QED) is 0.222. The second-order valence-corrected chi connectivity index (χ2v) is 8.88. The number of hydrogen-bond acceptors (Lipinski definition) is 2. The predicted molar refractivity (Wildman–Crippen MR) is 132 cm³/mol. The molecule has 1 aromatic heterocycles. The third kappa shape index (κ3) is 4.32. The third-order valence-corrected chi connectivity index (χ3v) is 6.39. The molecular weight excluding hydrogens is 506 g/mol. The fourth-order valence-corrected chi connectivity index (χ4v) is 4.64. The fourth-order valence-electron chi connectivity index (χ4n) is 4.64. The normalized spacial score (nSPS) is 12.2. The van der Waals surface area contributed by atoms with Crippen molar-refractivity contribution in [3.63, 3.8) is 0 Å². The van der Waals surface area contributed by atoms with E-state index < -0.39 is 23.5 Å². The van der Waals surface area contributed by atoms with E-state index in [1.165, 1.54) is 25.3 Å². The monoisotopic (exact) mass is 524 g/mol. The molecule has 0 saturated heterocycles. The summed E-state index contributed by atoms with van der Waals surface area (Å²) in [6.45, 7) is 1.91. The Morgan fingerprint density at radius 2 is 1.34 bits per heavy atom. The molecule has 0 unspecified atom stereocenters. The van der Waals surface area contributed by atoms with Gasteiger partial charge in [0.15, 0.2) is 0 Å². The van der Waals surface area contributed by atoms with Crippen LogP contribution in [0.15, 0.2) is 72.8 Å². The summed E-state index contributed by atoms with van der Waals surface area (Å²) in [5.74, 6) is 0.589. The van der Waals surface area contributed by atoms with Crippen molar-refractivity contribution in [3.05, 3.63) is 95.1 Å². The van der Waals surface area contributed by atoms with Crippen LogP contribution in [0.5, 0.6) is 5.75 Å². The number of aryl methyl sites for hydroxylation is 1. The highest BCUT2D eigenvalue weighted by Gasteiger charge is 2.37. The number of hydrogen-bond donors (Lipinski definition) is 0.